The normalized spacial score (nSPS) is 25.2. The first-order valence-electron chi connectivity index (χ1n) is 13.6. The van der Waals surface area contributed by atoms with Crippen molar-refractivity contribution in [3.63, 3.8) is 0 Å². The lowest BCUT2D eigenvalue weighted by Gasteiger charge is -2.31. The van der Waals surface area contributed by atoms with Crippen molar-refractivity contribution in [2.75, 3.05) is 33.3 Å². The summed E-state index contributed by atoms with van der Waals surface area (Å²) in [5, 5.41) is 24.6. The van der Waals surface area contributed by atoms with Gasteiger partial charge in [0.25, 0.3) is 5.92 Å². The van der Waals surface area contributed by atoms with Crippen LogP contribution in [0.25, 0.3) is 0 Å². The molecule has 3 aliphatic heterocycles. The number of aliphatic carboxylic acids is 1. The number of hydrogen-bond donors (Lipinski definition) is 3. The molecular formula is C28H31F4N5O5S. The Balaban J connectivity index is 1.51. The number of nitrogens with one attached hydrogen (secondary N) is 1. The minimum atomic E-state index is -3.18. The van der Waals surface area contributed by atoms with E-state index in [0.29, 0.717) is 11.4 Å². The molecule has 10 nitrogen and oxygen atoms in total. The number of rotatable bonds is 9. The van der Waals surface area contributed by atoms with E-state index in [2.05, 4.69) is 15.3 Å². The van der Waals surface area contributed by atoms with Crippen LogP contribution in [0, 0.1) is 18.6 Å². The van der Waals surface area contributed by atoms with Gasteiger partial charge in [0.1, 0.15) is 6.04 Å². The molecule has 5 rings (SSSR count). The first-order chi connectivity index (χ1) is 20.2. The molecule has 0 bridgehead atoms. The molecule has 4 atom stereocenters. The lowest BCUT2D eigenvalue weighted by atomic mass is 9.92. The van der Waals surface area contributed by atoms with Gasteiger partial charge in [-0.2, -0.15) is 0 Å². The second-order valence-corrected chi connectivity index (χ2v) is 12.0. The molecule has 0 spiro atoms. The minimum Gasteiger partial charge on any atom is -0.479 e. The maximum absolute atomic E-state index is 15.5. The van der Waals surface area contributed by atoms with E-state index in [9.17, 15) is 28.6 Å². The van der Waals surface area contributed by atoms with E-state index < -0.39 is 59.8 Å². The van der Waals surface area contributed by atoms with Crippen molar-refractivity contribution in [3.8, 4) is 0 Å². The summed E-state index contributed by atoms with van der Waals surface area (Å²) in [5.41, 5.74) is -1.74. The number of aliphatic hydroxyl groups is 1. The number of esters is 1. The number of thiazole rings is 1. The van der Waals surface area contributed by atoms with E-state index >= 15 is 8.78 Å². The fourth-order valence-corrected chi connectivity index (χ4v) is 6.64. The van der Waals surface area contributed by atoms with Crippen LogP contribution in [0.4, 0.5) is 17.6 Å². The van der Waals surface area contributed by atoms with Crippen molar-refractivity contribution in [2.45, 2.75) is 56.3 Å². The van der Waals surface area contributed by atoms with E-state index in [1.54, 1.807) is 16.5 Å². The first-order valence-corrected chi connectivity index (χ1v) is 14.5. The molecule has 0 radical (unpaired) electrons. The molecule has 1 aromatic heterocycles. The lowest BCUT2D eigenvalue weighted by molar-refractivity contribution is -0.157. The highest BCUT2D eigenvalue weighted by molar-refractivity contribution is 7.11. The van der Waals surface area contributed by atoms with Gasteiger partial charge in [-0.05, 0) is 43.9 Å². The standard InChI is InChI=1S/C28H31F4N5O5S/c1-14-15(4-5-16(29)20(14)30)21-19(25(38)42-3)17(34-23(35-21)24-33-8-11-43-24)12-37-13-28(31,32)22-18(37)6-9-36(22)10-7-27(2,41)26(39)40/h4-5,8,11,18,21-22,41H,6-7,9-10,12-13H2,1-3H3,(H,34,35)(H,39,40)/t18-,21+,22+,27+/m0/s1. The molecule has 3 aliphatic rings. The zero-order chi connectivity index (χ0) is 31.3. The number of amidine groups is 1. The predicted octanol–water partition coefficient (Wildman–Crippen LogP) is 2.87. The Morgan fingerprint density at radius 3 is 2.67 bits per heavy atom. The Morgan fingerprint density at radius 2 is 2.02 bits per heavy atom. The van der Waals surface area contributed by atoms with E-state index in [4.69, 9.17) is 4.74 Å². The van der Waals surface area contributed by atoms with Gasteiger partial charge in [-0.25, -0.2) is 32.1 Å². The summed E-state index contributed by atoms with van der Waals surface area (Å²) in [4.78, 5) is 36.5. The molecule has 15 heteroatoms. The van der Waals surface area contributed by atoms with Crippen molar-refractivity contribution in [1.82, 2.24) is 20.1 Å². The van der Waals surface area contributed by atoms with Gasteiger partial charge >= 0.3 is 11.9 Å². The Labute approximate surface area is 248 Å². The fourth-order valence-electron chi connectivity index (χ4n) is 6.05. The van der Waals surface area contributed by atoms with E-state index in [1.807, 2.05) is 0 Å². The van der Waals surface area contributed by atoms with Crippen LogP contribution in [0.2, 0.25) is 0 Å². The Kier molecular flexibility index (Phi) is 8.37. The fraction of sp³-hybridized carbons (Fsp3) is 0.500. The zero-order valence-corrected chi connectivity index (χ0v) is 24.4. The van der Waals surface area contributed by atoms with E-state index in [1.165, 1.54) is 29.2 Å². The van der Waals surface area contributed by atoms with Gasteiger partial charge < -0.3 is 20.3 Å². The van der Waals surface area contributed by atoms with Gasteiger partial charge in [0.2, 0.25) is 0 Å². The third kappa shape index (κ3) is 5.78. The van der Waals surface area contributed by atoms with Crippen LogP contribution >= 0.6 is 11.3 Å². The summed E-state index contributed by atoms with van der Waals surface area (Å²) in [6, 6.07) is -0.764. The third-order valence-corrected chi connectivity index (χ3v) is 9.12. The van der Waals surface area contributed by atoms with Crippen LogP contribution in [0.5, 0.6) is 0 Å². The molecule has 0 unspecified atom stereocenters. The molecule has 232 valence electrons. The minimum absolute atomic E-state index is 0.0314. The van der Waals surface area contributed by atoms with Crippen molar-refractivity contribution in [3.05, 3.63) is 62.7 Å². The molecule has 3 N–H and O–H groups in total. The molecule has 2 fully saturated rings. The molecule has 0 saturated carbocycles. The summed E-state index contributed by atoms with van der Waals surface area (Å²) in [6.07, 6.45) is 1.65. The maximum Gasteiger partial charge on any atom is 0.338 e. The van der Waals surface area contributed by atoms with E-state index in [-0.39, 0.29) is 54.3 Å². The largest absolute Gasteiger partial charge is 0.479 e. The topological polar surface area (TPSA) is 128 Å². The molecule has 0 amide bonds. The summed E-state index contributed by atoms with van der Waals surface area (Å²) < 4.78 is 64.8. The number of carboxylic acid groups (broad SMARTS) is 1. The van der Waals surface area contributed by atoms with Crippen LogP contribution in [0.3, 0.4) is 0 Å². The molecule has 4 heterocycles. The van der Waals surface area contributed by atoms with Crippen LogP contribution in [0.1, 0.15) is 41.9 Å². The number of carbonyl (C=O) groups is 2. The zero-order valence-electron chi connectivity index (χ0n) is 23.6. The molecule has 1 aromatic carbocycles. The second-order valence-electron chi connectivity index (χ2n) is 11.1. The van der Waals surface area contributed by atoms with Gasteiger partial charge in [0.15, 0.2) is 28.1 Å². The highest BCUT2D eigenvalue weighted by Crippen LogP contribution is 2.43. The number of alkyl halides is 2. The Bertz CT molecular complexity index is 1480. The first kappa shape index (κ1) is 31.0. The maximum atomic E-state index is 15.5. The van der Waals surface area contributed by atoms with Gasteiger partial charge in [0, 0.05) is 43.0 Å². The van der Waals surface area contributed by atoms with Crippen LogP contribution in [0.15, 0.2) is 40.0 Å². The Morgan fingerprint density at radius 1 is 1.28 bits per heavy atom. The van der Waals surface area contributed by atoms with Crippen molar-refractivity contribution in [1.29, 1.82) is 0 Å². The number of aliphatic imine (C=N–C) groups is 1. The molecule has 43 heavy (non-hydrogen) atoms. The highest BCUT2D eigenvalue weighted by atomic mass is 32.1. The van der Waals surface area contributed by atoms with Crippen molar-refractivity contribution >= 4 is 29.1 Å². The average Bonchev–Trinajstić information content (AvgIpc) is 3.69. The van der Waals surface area contributed by atoms with E-state index in [0.717, 1.165) is 20.1 Å². The molecule has 2 saturated heterocycles. The van der Waals surface area contributed by atoms with Gasteiger partial charge in [-0.1, -0.05) is 6.07 Å². The summed E-state index contributed by atoms with van der Waals surface area (Å²) in [7, 11) is 1.16. The summed E-state index contributed by atoms with van der Waals surface area (Å²) >= 11 is 1.24. The monoisotopic (exact) mass is 625 g/mol. The van der Waals surface area contributed by atoms with Gasteiger partial charge in [-0.3, -0.25) is 14.8 Å². The summed E-state index contributed by atoms with van der Waals surface area (Å²) in [6.45, 7) is 1.91. The lowest BCUT2D eigenvalue weighted by Crippen LogP contribution is -2.48. The average molecular weight is 626 g/mol. The van der Waals surface area contributed by atoms with Crippen molar-refractivity contribution in [2.24, 2.45) is 4.99 Å². The van der Waals surface area contributed by atoms with Crippen molar-refractivity contribution < 1.29 is 42.1 Å². The van der Waals surface area contributed by atoms with Gasteiger partial charge in [0.05, 0.1) is 25.3 Å². The number of halogens is 4. The predicted molar refractivity (Wildman–Crippen MR) is 148 cm³/mol. The Hall–Kier alpha value is -3.40. The molecule has 0 aliphatic carbocycles. The second kappa shape index (κ2) is 11.6. The number of methoxy groups -OCH3 is 1. The molecular weight excluding hydrogens is 594 g/mol. The SMILES string of the molecule is COC(=O)C1=C(CN2CC(F)(F)[C@H]3[C@@H]2CCN3CC[C@@](C)(O)C(=O)O)NC(c2nccs2)=N[C@@H]1c1ccc(F)c(F)c1C. The number of fused-ring (bicyclic) bond motifs is 1. The van der Waals surface area contributed by atoms with Crippen LogP contribution in [-0.2, 0) is 14.3 Å². The quantitative estimate of drug-likeness (QED) is 0.285. The number of likely N-dealkylation sites (tertiary alicyclic amines) is 2. The smallest absolute Gasteiger partial charge is 0.338 e. The number of carbonyl (C=O) groups excluding carboxylic acids is 1. The number of carboxylic acids is 1. The number of aromatic nitrogens is 1. The third-order valence-electron chi connectivity index (χ3n) is 8.34. The number of nitrogens with zero attached hydrogens (tertiary/aromatic N) is 4. The van der Waals surface area contributed by atoms with Gasteiger partial charge in [-0.15, -0.1) is 11.3 Å². The highest BCUT2D eigenvalue weighted by Gasteiger charge is 2.59. The van der Waals surface area contributed by atoms with Crippen LogP contribution in [-0.4, -0.2) is 99.7 Å². The summed E-state index contributed by atoms with van der Waals surface area (Å²) in [5.74, 6) is -7.36. The van der Waals surface area contributed by atoms with Crippen LogP contribution < -0.4 is 5.32 Å². The number of ether oxygens (including phenoxy) is 1. The number of benzene rings is 1. The number of hydrogen-bond acceptors (Lipinski definition) is 10. The molecule has 2 aromatic rings.